The Bertz CT molecular complexity index is 329. The highest BCUT2D eigenvalue weighted by Crippen LogP contribution is 2.31. The predicted octanol–water partition coefficient (Wildman–Crippen LogP) is 0.427. The SMILES string of the molecule is CC(=O)NCCCN(CCC(N)=S)C(=O)C1CC1. The molecule has 0 saturated heterocycles. The van der Waals surface area contributed by atoms with Crippen LogP contribution >= 0.6 is 12.2 Å². The molecule has 3 N–H and O–H groups in total. The Morgan fingerprint density at radius 2 is 2.06 bits per heavy atom. The number of nitrogens with one attached hydrogen (secondary N) is 1. The van der Waals surface area contributed by atoms with E-state index in [0.717, 1.165) is 19.3 Å². The molecule has 0 radical (unpaired) electrons. The number of hydrogen-bond donors (Lipinski definition) is 2. The van der Waals surface area contributed by atoms with Gasteiger partial charge >= 0.3 is 0 Å². The molecule has 0 atom stereocenters. The average molecular weight is 271 g/mol. The van der Waals surface area contributed by atoms with Crippen molar-refractivity contribution >= 4 is 29.0 Å². The van der Waals surface area contributed by atoms with E-state index in [4.69, 9.17) is 18.0 Å². The Morgan fingerprint density at radius 3 is 2.56 bits per heavy atom. The zero-order chi connectivity index (χ0) is 13.5. The van der Waals surface area contributed by atoms with Crippen LogP contribution in [0, 0.1) is 5.92 Å². The van der Waals surface area contributed by atoms with E-state index in [2.05, 4.69) is 5.32 Å². The molecule has 1 fully saturated rings. The van der Waals surface area contributed by atoms with Gasteiger partial charge in [0.2, 0.25) is 11.8 Å². The molecule has 0 spiro atoms. The van der Waals surface area contributed by atoms with Crippen LogP contribution in [0.4, 0.5) is 0 Å². The van der Waals surface area contributed by atoms with Crippen LogP contribution in [0.1, 0.15) is 32.6 Å². The van der Waals surface area contributed by atoms with Crippen LogP contribution in [0.15, 0.2) is 0 Å². The van der Waals surface area contributed by atoms with Crippen molar-refractivity contribution in [2.75, 3.05) is 19.6 Å². The summed E-state index contributed by atoms with van der Waals surface area (Å²) in [5, 5.41) is 2.72. The third kappa shape index (κ3) is 5.95. The number of hydrogen-bond acceptors (Lipinski definition) is 3. The maximum absolute atomic E-state index is 12.0. The molecule has 0 aliphatic heterocycles. The summed E-state index contributed by atoms with van der Waals surface area (Å²) in [6.45, 7) is 3.32. The predicted molar refractivity (Wildman–Crippen MR) is 74.0 cm³/mol. The molecule has 1 saturated carbocycles. The summed E-state index contributed by atoms with van der Waals surface area (Å²) in [6, 6.07) is 0. The third-order valence-electron chi connectivity index (χ3n) is 2.85. The van der Waals surface area contributed by atoms with Gasteiger partial charge in [0, 0.05) is 38.9 Å². The summed E-state index contributed by atoms with van der Waals surface area (Å²) in [5.74, 6) is 0.365. The van der Waals surface area contributed by atoms with Crippen LogP contribution in [-0.4, -0.2) is 41.3 Å². The molecule has 0 aromatic heterocycles. The lowest BCUT2D eigenvalue weighted by Gasteiger charge is -2.22. The highest BCUT2D eigenvalue weighted by Gasteiger charge is 2.32. The Morgan fingerprint density at radius 1 is 1.39 bits per heavy atom. The molecule has 5 nitrogen and oxygen atoms in total. The van der Waals surface area contributed by atoms with Gasteiger partial charge in [0.1, 0.15) is 0 Å². The number of carbonyl (C=O) groups excluding carboxylic acids is 2. The van der Waals surface area contributed by atoms with E-state index in [9.17, 15) is 9.59 Å². The number of amides is 2. The topological polar surface area (TPSA) is 75.4 Å². The van der Waals surface area contributed by atoms with Gasteiger partial charge in [-0.15, -0.1) is 0 Å². The van der Waals surface area contributed by atoms with Gasteiger partial charge in [-0.1, -0.05) is 12.2 Å². The Labute approximate surface area is 113 Å². The molecule has 102 valence electrons. The molecule has 2 amide bonds. The Balaban J connectivity index is 2.31. The number of thiocarbonyl (C=S) groups is 1. The standard InChI is InChI=1S/C12H21N3O2S/c1-9(16)14-6-2-7-15(8-5-11(13)18)12(17)10-3-4-10/h10H,2-8H2,1H3,(H2,13,18)(H,14,16). The van der Waals surface area contributed by atoms with Gasteiger partial charge in [-0.05, 0) is 19.3 Å². The van der Waals surface area contributed by atoms with Crippen molar-refractivity contribution in [2.45, 2.75) is 32.6 Å². The molecule has 0 heterocycles. The maximum atomic E-state index is 12.0. The largest absolute Gasteiger partial charge is 0.393 e. The van der Waals surface area contributed by atoms with E-state index >= 15 is 0 Å². The normalized spacial score (nSPS) is 14.1. The number of carbonyl (C=O) groups is 2. The lowest BCUT2D eigenvalue weighted by atomic mass is 10.2. The Kier molecular flexibility index (Phi) is 6.04. The van der Waals surface area contributed by atoms with E-state index in [1.807, 2.05) is 4.90 Å². The first-order chi connectivity index (χ1) is 8.50. The van der Waals surface area contributed by atoms with Crippen LogP contribution in [0.25, 0.3) is 0 Å². The van der Waals surface area contributed by atoms with Gasteiger partial charge in [0.15, 0.2) is 0 Å². The van der Waals surface area contributed by atoms with Crippen LogP contribution in [0.2, 0.25) is 0 Å². The Hall–Kier alpha value is -1.17. The van der Waals surface area contributed by atoms with Gasteiger partial charge in [-0.2, -0.15) is 0 Å². The van der Waals surface area contributed by atoms with Crippen LogP contribution in [0.3, 0.4) is 0 Å². The van der Waals surface area contributed by atoms with Gasteiger partial charge in [-0.25, -0.2) is 0 Å². The van der Waals surface area contributed by atoms with E-state index < -0.39 is 0 Å². The molecule has 1 aliphatic carbocycles. The third-order valence-corrected chi connectivity index (χ3v) is 3.05. The van der Waals surface area contributed by atoms with E-state index in [0.29, 0.717) is 31.0 Å². The highest BCUT2D eigenvalue weighted by atomic mass is 32.1. The van der Waals surface area contributed by atoms with Crippen molar-refractivity contribution in [1.82, 2.24) is 10.2 Å². The van der Waals surface area contributed by atoms with Crippen LogP contribution in [0.5, 0.6) is 0 Å². The lowest BCUT2D eigenvalue weighted by molar-refractivity contribution is -0.132. The summed E-state index contributed by atoms with van der Waals surface area (Å²) < 4.78 is 0. The van der Waals surface area contributed by atoms with E-state index in [1.165, 1.54) is 6.92 Å². The molecule has 0 unspecified atom stereocenters. The van der Waals surface area contributed by atoms with Crippen molar-refractivity contribution in [3.63, 3.8) is 0 Å². The number of nitrogens with two attached hydrogens (primary N) is 1. The van der Waals surface area contributed by atoms with Crippen molar-refractivity contribution in [3.05, 3.63) is 0 Å². The monoisotopic (exact) mass is 271 g/mol. The smallest absolute Gasteiger partial charge is 0.225 e. The van der Waals surface area contributed by atoms with Gasteiger partial charge in [0.25, 0.3) is 0 Å². The van der Waals surface area contributed by atoms with E-state index in [1.54, 1.807) is 0 Å². The second-order valence-corrected chi connectivity index (χ2v) is 5.18. The average Bonchev–Trinajstić information content (AvgIpc) is 3.10. The number of rotatable bonds is 8. The van der Waals surface area contributed by atoms with Crippen molar-refractivity contribution in [2.24, 2.45) is 11.7 Å². The molecule has 6 heteroatoms. The summed E-state index contributed by atoms with van der Waals surface area (Å²) in [4.78, 5) is 25.0. The van der Waals surface area contributed by atoms with Gasteiger partial charge in [0.05, 0.1) is 4.99 Å². The minimum atomic E-state index is -0.0433. The first-order valence-electron chi connectivity index (χ1n) is 6.32. The molecular weight excluding hydrogens is 250 g/mol. The molecule has 0 bridgehead atoms. The molecule has 0 aromatic carbocycles. The second-order valence-electron chi connectivity index (χ2n) is 4.65. The van der Waals surface area contributed by atoms with Gasteiger partial charge < -0.3 is 16.0 Å². The zero-order valence-electron chi connectivity index (χ0n) is 10.8. The first-order valence-corrected chi connectivity index (χ1v) is 6.73. The van der Waals surface area contributed by atoms with Crippen molar-refractivity contribution < 1.29 is 9.59 Å². The summed E-state index contributed by atoms with van der Waals surface area (Å²) in [6.07, 6.45) is 3.31. The molecule has 0 aromatic rings. The summed E-state index contributed by atoms with van der Waals surface area (Å²) in [7, 11) is 0. The molecule has 1 aliphatic rings. The molecular formula is C12H21N3O2S. The second kappa shape index (κ2) is 7.31. The fourth-order valence-corrected chi connectivity index (χ4v) is 1.79. The van der Waals surface area contributed by atoms with Crippen molar-refractivity contribution in [3.8, 4) is 0 Å². The lowest BCUT2D eigenvalue weighted by Crippen LogP contribution is -2.37. The van der Waals surface area contributed by atoms with Crippen LogP contribution in [-0.2, 0) is 9.59 Å². The molecule has 18 heavy (non-hydrogen) atoms. The highest BCUT2D eigenvalue weighted by molar-refractivity contribution is 7.80. The minimum Gasteiger partial charge on any atom is -0.393 e. The van der Waals surface area contributed by atoms with Crippen molar-refractivity contribution in [1.29, 1.82) is 0 Å². The fraction of sp³-hybridized carbons (Fsp3) is 0.750. The summed E-state index contributed by atoms with van der Waals surface area (Å²) >= 11 is 4.83. The maximum Gasteiger partial charge on any atom is 0.225 e. The quantitative estimate of drug-likeness (QED) is 0.496. The number of nitrogens with zero attached hydrogens (tertiary/aromatic N) is 1. The van der Waals surface area contributed by atoms with E-state index in [-0.39, 0.29) is 17.7 Å². The summed E-state index contributed by atoms with van der Waals surface area (Å²) in [5.41, 5.74) is 5.46. The first kappa shape index (κ1) is 14.9. The minimum absolute atomic E-state index is 0.0433. The van der Waals surface area contributed by atoms with Gasteiger partial charge in [-0.3, -0.25) is 9.59 Å². The molecule has 1 rings (SSSR count). The van der Waals surface area contributed by atoms with Crippen LogP contribution < -0.4 is 11.1 Å². The fourth-order valence-electron chi connectivity index (χ4n) is 1.70. The zero-order valence-corrected chi connectivity index (χ0v) is 11.6.